The van der Waals surface area contributed by atoms with Crippen LogP contribution in [0.25, 0.3) is 11.0 Å². The first-order valence-electron chi connectivity index (χ1n) is 7.12. The van der Waals surface area contributed by atoms with Crippen LogP contribution >= 0.6 is 11.8 Å². The summed E-state index contributed by atoms with van der Waals surface area (Å²) in [6.07, 6.45) is 0. The van der Waals surface area contributed by atoms with Crippen molar-refractivity contribution in [1.82, 2.24) is 19.1 Å². The van der Waals surface area contributed by atoms with E-state index in [0.29, 0.717) is 16.5 Å². The standard InChI is InChI=1S/C15H19N5O2S/c1-8(7-16)23-11-9-10(17-13(18-11)15(2,3)4)19(5)14(22)20(6)12(9)21/h8H,1-6H3. The van der Waals surface area contributed by atoms with Crippen LogP contribution in [0.1, 0.15) is 33.5 Å². The normalized spacial score (nSPS) is 13.1. The monoisotopic (exact) mass is 333 g/mol. The SMILES string of the molecule is CC(C#N)Sc1nc(C(C)(C)C)nc2c1c(=O)n(C)c(=O)n2C. The molecule has 0 bridgehead atoms. The van der Waals surface area contributed by atoms with Gasteiger partial charge in [0.1, 0.15) is 16.2 Å². The summed E-state index contributed by atoms with van der Waals surface area (Å²) in [4.78, 5) is 33.6. The Labute approximate surface area is 138 Å². The van der Waals surface area contributed by atoms with Gasteiger partial charge in [0.15, 0.2) is 5.65 Å². The minimum absolute atomic E-state index is 0.273. The molecule has 122 valence electrons. The molecule has 0 aliphatic carbocycles. The molecule has 1 atom stereocenters. The highest BCUT2D eigenvalue weighted by Gasteiger charge is 2.24. The van der Waals surface area contributed by atoms with Crippen LogP contribution in [-0.4, -0.2) is 24.4 Å². The van der Waals surface area contributed by atoms with Crippen LogP contribution in [-0.2, 0) is 19.5 Å². The van der Waals surface area contributed by atoms with E-state index in [9.17, 15) is 9.59 Å². The van der Waals surface area contributed by atoms with E-state index in [1.165, 1.54) is 23.4 Å². The lowest BCUT2D eigenvalue weighted by molar-refractivity contribution is 0.539. The molecular weight excluding hydrogens is 314 g/mol. The third-order valence-corrected chi connectivity index (χ3v) is 4.39. The molecule has 2 aromatic heterocycles. The first-order chi connectivity index (χ1) is 10.6. The number of fused-ring (bicyclic) bond motifs is 1. The van der Waals surface area contributed by atoms with Gasteiger partial charge in [-0.2, -0.15) is 5.26 Å². The Hall–Kier alpha value is -2.14. The number of rotatable bonds is 2. The summed E-state index contributed by atoms with van der Waals surface area (Å²) in [5.41, 5.74) is -0.941. The molecule has 2 aromatic rings. The number of hydrogen-bond donors (Lipinski definition) is 0. The van der Waals surface area contributed by atoms with E-state index in [4.69, 9.17) is 5.26 Å². The fraction of sp³-hybridized carbons (Fsp3) is 0.533. The molecule has 0 saturated heterocycles. The molecule has 8 heteroatoms. The number of thioether (sulfide) groups is 1. The van der Waals surface area contributed by atoms with Crippen LogP contribution in [0.15, 0.2) is 14.6 Å². The quantitative estimate of drug-likeness (QED) is 0.608. The van der Waals surface area contributed by atoms with Crippen molar-refractivity contribution in [2.75, 3.05) is 0 Å². The van der Waals surface area contributed by atoms with Gasteiger partial charge in [0.25, 0.3) is 5.56 Å². The zero-order valence-electron chi connectivity index (χ0n) is 14.0. The Morgan fingerprint density at radius 2 is 1.78 bits per heavy atom. The first kappa shape index (κ1) is 17.2. The van der Waals surface area contributed by atoms with Crippen LogP contribution in [0.4, 0.5) is 0 Å². The van der Waals surface area contributed by atoms with Crippen molar-refractivity contribution in [3.8, 4) is 6.07 Å². The molecule has 2 rings (SSSR count). The molecule has 0 radical (unpaired) electrons. The van der Waals surface area contributed by atoms with Gasteiger partial charge in [0.2, 0.25) is 0 Å². The lowest BCUT2D eigenvalue weighted by atomic mass is 9.96. The Balaban J connectivity index is 2.99. The second kappa shape index (κ2) is 5.81. The van der Waals surface area contributed by atoms with Gasteiger partial charge in [-0.05, 0) is 6.92 Å². The molecule has 0 saturated carbocycles. The maximum absolute atomic E-state index is 12.5. The van der Waals surface area contributed by atoms with Crippen molar-refractivity contribution in [3.63, 3.8) is 0 Å². The summed E-state index contributed by atoms with van der Waals surface area (Å²) in [5, 5.41) is 9.40. The number of nitriles is 1. The molecule has 1 unspecified atom stereocenters. The Kier molecular flexibility index (Phi) is 4.35. The highest BCUT2D eigenvalue weighted by atomic mass is 32.2. The van der Waals surface area contributed by atoms with E-state index in [-0.39, 0.29) is 16.1 Å². The summed E-state index contributed by atoms with van der Waals surface area (Å²) in [6.45, 7) is 7.60. The average molecular weight is 333 g/mol. The maximum Gasteiger partial charge on any atom is 0.332 e. The van der Waals surface area contributed by atoms with Gasteiger partial charge in [-0.1, -0.05) is 32.5 Å². The van der Waals surface area contributed by atoms with Crippen LogP contribution in [0.3, 0.4) is 0 Å². The fourth-order valence-corrected chi connectivity index (χ4v) is 2.87. The average Bonchev–Trinajstić information content (AvgIpc) is 2.49. The van der Waals surface area contributed by atoms with Crippen molar-refractivity contribution in [1.29, 1.82) is 5.26 Å². The van der Waals surface area contributed by atoms with Gasteiger partial charge in [0, 0.05) is 19.5 Å². The van der Waals surface area contributed by atoms with Crippen LogP contribution in [0.2, 0.25) is 0 Å². The zero-order valence-corrected chi connectivity index (χ0v) is 14.9. The van der Waals surface area contributed by atoms with Crippen molar-refractivity contribution < 1.29 is 0 Å². The van der Waals surface area contributed by atoms with Gasteiger partial charge >= 0.3 is 5.69 Å². The third kappa shape index (κ3) is 3.01. The molecular formula is C15H19N5O2S. The number of hydrogen-bond acceptors (Lipinski definition) is 6. The van der Waals surface area contributed by atoms with Gasteiger partial charge in [-0.15, -0.1) is 0 Å². The first-order valence-corrected chi connectivity index (χ1v) is 8.00. The Bertz CT molecular complexity index is 930. The molecule has 0 fully saturated rings. The minimum Gasteiger partial charge on any atom is -0.280 e. The minimum atomic E-state index is -0.448. The lowest BCUT2D eigenvalue weighted by Crippen LogP contribution is -2.38. The van der Waals surface area contributed by atoms with E-state index in [2.05, 4.69) is 16.0 Å². The predicted octanol–water partition coefficient (Wildman–Crippen LogP) is 1.33. The molecule has 0 N–H and O–H groups in total. The molecule has 0 aromatic carbocycles. The number of aromatic nitrogens is 4. The highest BCUT2D eigenvalue weighted by Crippen LogP contribution is 2.29. The fourth-order valence-electron chi connectivity index (χ4n) is 2.04. The smallest absolute Gasteiger partial charge is 0.280 e. The molecule has 0 aliphatic rings. The molecule has 0 aliphatic heterocycles. The largest absolute Gasteiger partial charge is 0.332 e. The van der Waals surface area contributed by atoms with Gasteiger partial charge in [-0.3, -0.25) is 13.9 Å². The summed E-state index contributed by atoms with van der Waals surface area (Å²) in [6, 6.07) is 2.12. The second-order valence-corrected chi connectivity index (χ2v) is 7.73. The van der Waals surface area contributed by atoms with E-state index >= 15 is 0 Å². The molecule has 23 heavy (non-hydrogen) atoms. The van der Waals surface area contributed by atoms with Crippen LogP contribution in [0.5, 0.6) is 0 Å². The third-order valence-electron chi connectivity index (χ3n) is 3.41. The Morgan fingerprint density at radius 3 is 2.30 bits per heavy atom. The van der Waals surface area contributed by atoms with E-state index in [0.717, 1.165) is 4.57 Å². The predicted molar refractivity (Wildman–Crippen MR) is 89.7 cm³/mol. The summed E-state index contributed by atoms with van der Waals surface area (Å²) < 4.78 is 2.37. The summed E-state index contributed by atoms with van der Waals surface area (Å²) in [7, 11) is 3.00. The summed E-state index contributed by atoms with van der Waals surface area (Å²) in [5.74, 6) is 0.529. The van der Waals surface area contributed by atoms with Crippen molar-refractivity contribution in [2.24, 2.45) is 14.1 Å². The van der Waals surface area contributed by atoms with E-state index in [1.807, 2.05) is 20.8 Å². The van der Waals surface area contributed by atoms with Crippen molar-refractivity contribution >= 4 is 22.8 Å². The van der Waals surface area contributed by atoms with Crippen molar-refractivity contribution in [2.45, 2.75) is 43.4 Å². The summed E-state index contributed by atoms with van der Waals surface area (Å²) >= 11 is 1.20. The molecule has 7 nitrogen and oxygen atoms in total. The molecule has 0 amide bonds. The number of nitrogens with zero attached hydrogens (tertiary/aromatic N) is 5. The van der Waals surface area contributed by atoms with E-state index in [1.54, 1.807) is 14.0 Å². The van der Waals surface area contributed by atoms with Gasteiger partial charge in [0.05, 0.1) is 11.3 Å². The van der Waals surface area contributed by atoms with E-state index < -0.39 is 11.2 Å². The highest BCUT2D eigenvalue weighted by molar-refractivity contribution is 8.00. The Morgan fingerprint density at radius 1 is 1.17 bits per heavy atom. The van der Waals surface area contributed by atoms with Gasteiger partial charge < -0.3 is 0 Å². The number of aryl methyl sites for hydroxylation is 1. The lowest BCUT2D eigenvalue weighted by Gasteiger charge is -2.19. The van der Waals surface area contributed by atoms with Crippen LogP contribution < -0.4 is 11.2 Å². The van der Waals surface area contributed by atoms with Gasteiger partial charge in [-0.25, -0.2) is 14.8 Å². The molecule has 2 heterocycles. The van der Waals surface area contributed by atoms with Crippen LogP contribution in [0, 0.1) is 11.3 Å². The topological polar surface area (TPSA) is 93.6 Å². The van der Waals surface area contributed by atoms with Crippen molar-refractivity contribution in [3.05, 3.63) is 26.7 Å². The second-order valence-electron chi connectivity index (χ2n) is 6.40. The molecule has 0 spiro atoms. The maximum atomic E-state index is 12.5. The zero-order chi connectivity index (χ0) is 17.5.